The molecule has 1 aliphatic heterocycles. The van der Waals surface area contributed by atoms with Gasteiger partial charge in [0.1, 0.15) is 11.4 Å². The van der Waals surface area contributed by atoms with Crippen LogP contribution in [0.1, 0.15) is 17.3 Å². The van der Waals surface area contributed by atoms with Gasteiger partial charge in [0.2, 0.25) is 0 Å². The van der Waals surface area contributed by atoms with Crippen LogP contribution in [0, 0.1) is 21.3 Å². The van der Waals surface area contributed by atoms with E-state index >= 15 is 0 Å². The Labute approximate surface area is 108 Å². The average molecular weight is 268 g/mol. The monoisotopic (exact) mass is 268 g/mol. The van der Waals surface area contributed by atoms with Crippen molar-refractivity contribution in [1.82, 2.24) is 5.32 Å². The summed E-state index contributed by atoms with van der Waals surface area (Å²) in [4.78, 5) is 21.9. The van der Waals surface area contributed by atoms with Crippen LogP contribution in [0.2, 0.25) is 0 Å². The summed E-state index contributed by atoms with van der Waals surface area (Å²) in [5.41, 5.74) is -0.812. The van der Waals surface area contributed by atoms with Crippen molar-refractivity contribution in [1.29, 1.82) is 0 Å². The smallest absolute Gasteiger partial charge is 0.285 e. The molecule has 0 aliphatic carbocycles. The van der Waals surface area contributed by atoms with Crippen LogP contribution in [0.15, 0.2) is 18.2 Å². The second kappa shape index (κ2) is 4.93. The molecule has 7 heteroatoms. The van der Waals surface area contributed by atoms with E-state index in [1.807, 2.05) is 6.92 Å². The first-order valence-corrected chi connectivity index (χ1v) is 5.71. The second-order valence-corrected chi connectivity index (χ2v) is 4.90. The molecule has 1 aromatic rings. The SMILES string of the molecule is CC1(CNC(=O)c2ccc(F)cc2[N+](=O)[O-])COC1. The summed E-state index contributed by atoms with van der Waals surface area (Å²) in [5.74, 6) is -1.33. The van der Waals surface area contributed by atoms with Crippen LogP contribution in [0.3, 0.4) is 0 Å². The summed E-state index contributed by atoms with van der Waals surface area (Å²) in [7, 11) is 0. The van der Waals surface area contributed by atoms with Crippen molar-refractivity contribution in [3.8, 4) is 0 Å². The standard InChI is InChI=1S/C12H13FN2O4/c1-12(6-19-7-12)5-14-11(16)9-3-2-8(13)4-10(9)15(17)18/h2-4H,5-7H2,1H3,(H,14,16). The van der Waals surface area contributed by atoms with Crippen LogP contribution in [0.5, 0.6) is 0 Å². The van der Waals surface area contributed by atoms with E-state index in [0.29, 0.717) is 19.8 Å². The number of benzene rings is 1. The molecule has 1 saturated heterocycles. The van der Waals surface area contributed by atoms with Crippen LogP contribution in [0.25, 0.3) is 0 Å². The van der Waals surface area contributed by atoms with E-state index in [9.17, 15) is 19.3 Å². The summed E-state index contributed by atoms with van der Waals surface area (Å²) < 4.78 is 18.0. The zero-order valence-corrected chi connectivity index (χ0v) is 10.3. The number of nitrogens with one attached hydrogen (secondary N) is 1. The van der Waals surface area contributed by atoms with Gasteiger partial charge < -0.3 is 10.1 Å². The van der Waals surface area contributed by atoms with E-state index in [4.69, 9.17) is 4.74 Å². The molecule has 0 bridgehead atoms. The lowest BCUT2D eigenvalue weighted by Gasteiger charge is -2.37. The molecule has 0 saturated carbocycles. The third-order valence-corrected chi connectivity index (χ3v) is 2.98. The Morgan fingerprint density at radius 3 is 2.79 bits per heavy atom. The molecule has 6 nitrogen and oxygen atoms in total. The summed E-state index contributed by atoms with van der Waals surface area (Å²) in [5, 5.41) is 13.4. The molecular formula is C12H13FN2O4. The molecule has 1 fully saturated rings. The molecule has 0 unspecified atom stereocenters. The predicted molar refractivity (Wildman–Crippen MR) is 64.3 cm³/mol. The molecule has 1 aromatic carbocycles. The van der Waals surface area contributed by atoms with Crippen molar-refractivity contribution in [2.24, 2.45) is 5.41 Å². The number of hydrogen-bond acceptors (Lipinski definition) is 4. The second-order valence-electron chi connectivity index (χ2n) is 4.90. The predicted octanol–water partition coefficient (Wildman–Crippen LogP) is 1.50. The molecule has 0 radical (unpaired) electrons. The minimum atomic E-state index is -0.772. The molecule has 1 heterocycles. The lowest BCUT2D eigenvalue weighted by molar-refractivity contribution is -0.385. The first-order valence-electron chi connectivity index (χ1n) is 5.71. The number of carbonyl (C=O) groups is 1. The Balaban J connectivity index is 2.12. The quantitative estimate of drug-likeness (QED) is 0.662. The highest BCUT2D eigenvalue weighted by Gasteiger charge is 2.34. The fraction of sp³-hybridized carbons (Fsp3) is 0.417. The minimum Gasteiger partial charge on any atom is -0.380 e. The summed E-state index contributed by atoms with van der Waals surface area (Å²) in [6, 6.07) is 2.88. The zero-order chi connectivity index (χ0) is 14.0. The Morgan fingerprint density at radius 1 is 1.58 bits per heavy atom. The maximum atomic E-state index is 13.0. The number of halogens is 1. The van der Waals surface area contributed by atoms with Gasteiger partial charge in [-0.15, -0.1) is 0 Å². The number of nitro benzene ring substituents is 1. The number of hydrogen-bond donors (Lipinski definition) is 1. The van der Waals surface area contributed by atoms with E-state index in [0.717, 1.165) is 18.2 Å². The van der Waals surface area contributed by atoms with Crippen molar-refractivity contribution < 1.29 is 18.8 Å². The van der Waals surface area contributed by atoms with Gasteiger partial charge in [0.15, 0.2) is 0 Å². The summed E-state index contributed by atoms with van der Waals surface area (Å²) in [6.45, 7) is 3.38. The number of carbonyl (C=O) groups excluding carboxylic acids is 1. The molecule has 0 spiro atoms. The van der Waals surface area contributed by atoms with E-state index in [-0.39, 0.29) is 11.0 Å². The highest BCUT2D eigenvalue weighted by atomic mass is 19.1. The number of rotatable bonds is 4. The summed E-state index contributed by atoms with van der Waals surface area (Å²) >= 11 is 0. The van der Waals surface area contributed by atoms with Crippen LogP contribution >= 0.6 is 0 Å². The Kier molecular flexibility index (Phi) is 3.48. The van der Waals surface area contributed by atoms with Crippen molar-refractivity contribution >= 4 is 11.6 Å². The Hall–Kier alpha value is -2.02. The number of amides is 1. The molecule has 102 valence electrons. The van der Waals surface area contributed by atoms with Gasteiger partial charge in [-0.05, 0) is 12.1 Å². The highest BCUT2D eigenvalue weighted by Crippen LogP contribution is 2.26. The topological polar surface area (TPSA) is 81.5 Å². The van der Waals surface area contributed by atoms with E-state index in [1.54, 1.807) is 0 Å². The largest absolute Gasteiger partial charge is 0.380 e. The highest BCUT2D eigenvalue weighted by molar-refractivity contribution is 5.98. The first kappa shape index (κ1) is 13.4. The molecule has 1 N–H and O–H groups in total. The molecule has 0 aromatic heterocycles. The van der Waals surface area contributed by atoms with Gasteiger partial charge in [-0.25, -0.2) is 4.39 Å². The molecule has 0 atom stereocenters. The van der Waals surface area contributed by atoms with E-state index in [1.165, 1.54) is 0 Å². The maximum Gasteiger partial charge on any atom is 0.285 e. The molecule has 1 amide bonds. The van der Waals surface area contributed by atoms with Crippen LogP contribution < -0.4 is 5.32 Å². The number of nitro groups is 1. The van der Waals surface area contributed by atoms with Gasteiger partial charge in [0.05, 0.1) is 24.2 Å². The van der Waals surface area contributed by atoms with Gasteiger partial charge in [-0.2, -0.15) is 0 Å². The van der Waals surface area contributed by atoms with Crippen molar-refractivity contribution in [2.75, 3.05) is 19.8 Å². The van der Waals surface area contributed by atoms with Crippen LogP contribution in [-0.4, -0.2) is 30.6 Å². The number of ether oxygens (including phenoxy) is 1. The van der Waals surface area contributed by atoms with Gasteiger partial charge in [-0.3, -0.25) is 14.9 Å². The van der Waals surface area contributed by atoms with Crippen LogP contribution in [0.4, 0.5) is 10.1 Å². The summed E-state index contributed by atoms with van der Waals surface area (Å²) in [6.07, 6.45) is 0. The van der Waals surface area contributed by atoms with Gasteiger partial charge in [0, 0.05) is 12.0 Å². The Bertz CT molecular complexity index is 528. The van der Waals surface area contributed by atoms with Crippen LogP contribution in [-0.2, 0) is 4.74 Å². The lowest BCUT2D eigenvalue weighted by atomic mass is 9.88. The van der Waals surface area contributed by atoms with E-state index < -0.39 is 22.3 Å². The van der Waals surface area contributed by atoms with Gasteiger partial charge >= 0.3 is 0 Å². The maximum absolute atomic E-state index is 13.0. The third-order valence-electron chi connectivity index (χ3n) is 2.98. The Morgan fingerprint density at radius 2 is 2.26 bits per heavy atom. The fourth-order valence-electron chi connectivity index (χ4n) is 1.79. The van der Waals surface area contributed by atoms with Gasteiger partial charge in [-0.1, -0.05) is 6.92 Å². The first-order chi connectivity index (χ1) is 8.91. The molecule has 1 aliphatic rings. The zero-order valence-electron chi connectivity index (χ0n) is 10.3. The normalized spacial score (nSPS) is 16.5. The molecule has 2 rings (SSSR count). The van der Waals surface area contributed by atoms with Crippen molar-refractivity contribution in [3.05, 3.63) is 39.7 Å². The third kappa shape index (κ3) is 2.87. The molecule has 19 heavy (non-hydrogen) atoms. The van der Waals surface area contributed by atoms with Crippen molar-refractivity contribution in [3.63, 3.8) is 0 Å². The lowest BCUT2D eigenvalue weighted by Crippen LogP contribution is -2.48. The van der Waals surface area contributed by atoms with Gasteiger partial charge in [0.25, 0.3) is 11.6 Å². The van der Waals surface area contributed by atoms with E-state index in [2.05, 4.69) is 5.32 Å². The van der Waals surface area contributed by atoms with Crippen molar-refractivity contribution in [2.45, 2.75) is 6.92 Å². The minimum absolute atomic E-state index is 0.134. The molecular weight excluding hydrogens is 255 g/mol. The average Bonchev–Trinajstić information content (AvgIpc) is 2.33. The fourth-order valence-corrected chi connectivity index (χ4v) is 1.79. The number of nitrogens with zero attached hydrogens (tertiary/aromatic N) is 1.